The molecule has 0 aromatic carbocycles. The molecule has 4 nitrogen and oxygen atoms in total. The fourth-order valence-corrected chi connectivity index (χ4v) is 3.98. The highest BCUT2D eigenvalue weighted by atomic mass is 127. The Kier molecular flexibility index (Phi) is 5.67. The SMILES string of the molecule is O=C(I)C1CCN(C(=O)C2CCC(NI)CC2)C1. The van der Waals surface area contributed by atoms with Crippen LogP contribution in [0.4, 0.5) is 0 Å². The molecular formula is C12H18I2N2O2. The summed E-state index contributed by atoms with van der Waals surface area (Å²) in [4.78, 5) is 25.6. The van der Waals surface area contributed by atoms with Crippen LogP contribution in [-0.4, -0.2) is 33.7 Å². The Morgan fingerprint density at radius 3 is 2.22 bits per heavy atom. The fraction of sp³-hybridized carbons (Fsp3) is 0.833. The van der Waals surface area contributed by atoms with Crippen molar-refractivity contribution in [3.8, 4) is 0 Å². The van der Waals surface area contributed by atoms with E-state index in [4.69, 9.17) is 0 Å². The van der Waals surface area contributed by atoms with E-state index in [1.54, 1.807) is 0 Å². The minimum atomic E-state index is 0.0712. The largest absolute Gasteiger partial charge is 0.342 e. The Bertz CT molecular complexity index is 330. The molecule has 0 bridgehead atoms. The lowest BCUT2D eigenvalue weighted by Crippen LogP contribution is -2.38. The third-order valence-corrected chi connectivity index (χ3v) is 5.81. The zero-order valence-electron chi connectivity index (χ0n) is 10.2. The van der Waals surface area contributed by atoms with Gasteiger partial charge in [0.15, 0.2) is 3.79 Å². The van der Waals surface area contributed by atoms with Gasteiger partial charge in [0.25, 0.3) is 0 Å². The first-order valence-corrected chi connectivity index (χ1v) is 8.62. The minimum absolute atomic E-state index is 0.0712. The second-order valence-electron chi connectivity index (χ2n) is 5.23. The van der Waals surface area contributed by atoms with Crippen molar-refractivity contribution in [2.45, 2.75) is 38.1 Å². The Labute approximate surface area is 135 Å². The quantitative estimate of drug-likeness (QED) is 0.387. The summed E-state index contributed by atoms with van der Waals surface area (Å²) >= 11 is 4.05. The van der Waals surface area contributed by atoms with Crippen molar-refractivity contribution < 1.29 is 9.59 Å². The van der Waals surface area contributed by atoms with Crippen LogP contribution < -0.4 is 3.53 Å². The maximum atomic E-state index is 12.4. The van der Waals surface area contributed by atoms with Gasteiger partial charge in [-0.25, -0.2) is 0 Å². The van der Waals surface area contributed by atoms with E-state index in [9.17, 15) is 9.59 Å². The van der Waals surface area contributed by atoms with Gasteiger partial charge in [-0.15, -0.1) is 0 Å². The Morgan fingerprint density at radius 1 is 1.06 bits per heavy atom. The molecule has 0 radical (unpaired) electrons. The normalized spacial score (nSPS) is 32.6. The molecule has 1 saturated carbocycles. The molecule has 1 atom stereocenters. The van der Waals surface area contributed by atoms with Gasteiger partial charge in [0.2, 0.25) is 5.91 Å². The maximum Gasteiger partial charge on any atom is 0.225 e. The third kappa shape index (κ3) is 3.56. The lowest BCUT2D eigenvalue weighted by atomic mass is 9.85. The second-order valence-corrected chi connectivity index (χ2v) is 6.92. The Morgan fingerprint density at radius 2 is 1.72 bits per heavy atom. The molecule has 1 unspecified atom stereocenters. The van der Waals surface area contributed by atoms with Crippen molar-refractivity contribution in [2.75, 3.05) is 13.1 Å². The van der Waals surface area contributed by atoms with Crippen molar-refractivity contribution >= 4 is 55.2 Å². The van der Waals surface area contributed by atoms with Crippen LogP contribution in [0.25, 0.3) is 0 Å². The van der Waals surface area contributed by atoms with E-state index in [1.807, 2.05) is 27.5 Å². The van der Waals surface area contributed by atoms with E-state index >= 15 is 0 Å². The molecule has 2 fully saturated rings. The first-order valence-electron chi connectivity index (χ1n) is 6.46. The van der Waals surface area contributed by atoms with Crippen LogP contribution in [-0.2, 0) is 9.59 Å². The third-order valence-electron chi connectivity index (χ3n) is 4.05. The number of rotatable bonds is 3. The van der Waals surface area contributed by atoms with E-state index in [-0.39, 0.29) is 21.5 Å². The van der Waals surface area contributed by atoms with Crippen LogP contribution in [0.1, 0.15) is 32.1 Å². The molecule has 1 aliphatic heterocycles. The van der Waals surface area contributed by atoms with Crippen molar-refractivity contribution in [3.05, 3.63) is 0 Å². The fourth-order valence-electron chi connectivity index (χ4n) is 2.85. The standard InChI is InChI=1S/C12H18I2N2O2/c13-11(17)9-5-6-16(7-9)12(18)8-1-3-10(15-14)4-2-8/h8-10,15H,1-7H2. The predicted octanol–water partition coefficient (Wildman–Crippen LogP) is 2.29. The number of nitrogens with zero attached hydrogens (tertiary/aromatic N) is 1. The molecule has 18 heavy (non-hydrogen) atoms. The number of halogens is 2. The highest BCUT2D eigenvalue weighted by Gasteiger charge is 2.34. The number of carbonyl (C=O) groups excluding carboxylic acids is 2. The van der Waals surface area contributed by atoms with Crippen LogP contribution in [0.3, 0.4) is 0 Å². The molecule has 102 valence electrons. The highest BCUT2D eigenvalue weighted by molar-refractivity contribution is 14.1. The van der Waals surface area contributed by atoms with Crippen LogP contribution in [0.2, 0.25) is 0 Å². The predicted molar refractivity (Wildman–Crippen MR) is 86.6 cm³/mol. The second kappa shape index (κ2) is 6.83. The first kappa shape index (κ1) is 15.0. The number of likely N-dealkylation sites (tertiary alicyclic amines) is 1. The monoisotopic (exact) mass is 476 g/mol. The van der Waals surface area contributed by atoms with Gasteiger partial charge in [0, 0.05) is 53.8 Å². The van der Waals surface area contributed by atoms with Crippen LogP contribution in [0, 0.1) is 11.8 Å². The zero-order valence-corrected chi connectivity index (χ0v) is 14.5. The zero-order chi connectivity index (χ0) is 13.1. The summed E-state index contributed by atoms with van der Waals surface area (Å²) in [5.41, 5.74) is 0. The maximum absolute atomic E-state index is 12.4. The molecule has 0 aromatic rings. The first-order chi connectivity index (χ1) is 8.61. The molecule has 0 aromatic heterocycles. The van der Waals surface area contributed by atoms with Crippen molar-refractivity contribution in [3.63, 3.8) is 0 Å². The molecule has 1 aliphatic carbocycles. The number of hydrogen-bond donors (Lipinski definition) is 1. The number of carbonyl (C=O) groups is 2. The van der Waals surface area contributed by atoms with Crippen LogP contribution >= 0.6 is 45.5 Å². The molecule has 0 spiro atoms. The molecule has 2 rings (SSSR count). The molecule has 2 aliphatic rings. The van der Waals surface area contributed by atoms with Crippen molar-refractivity contribution in [1.29, 1.82) is 0 Å². The van der Waals surface area contributed by atoms with Crippen LogP contribution in [0.5, 0.6) is 0 Å². The van der Waals surface area contributed by atoms with Gasteiger partial charge in [0.05, 0.1) is 0 Å². The summed E-state index contributed by atoms with van der Waals surface area (Å²) in [6, 6.07) is 0.567. The molecule has 6 heteroatoms. The summed E-state index contributed by atoms with van der Waals surface area (Å²) in [5.74, 6) is 0.540. The summed E-state index contributed by atoms with van der Waals surface area (Å²) in [7, 11) is 0. The number of nitrogens with one attached hydrogen (secondary N) is 1. The lowest BCUT2D eigenvalue weighted by molar-refractivity contribution is -0.135. The van der Waals surface area contributed by atoms with E-state index < -0.39 is 0 Å². The topological polar surface area (TPSA) is 49.4 Å². The summed E-state index contributed by atoms with van der Waals surface area (Å²) in [6.45, 7) is 1.41. The van der Waals surface area contributed by atoms with Gasteiger partial charge in [-0.1, -0.05) is 0 Å². The molecular weight excluding hydrogens is 458 g/mol. The van der Waals surface area contributed by atoms with Gasteiger partial charge < -0.3 is 4.90 Å². The summed E-state index contributed by atoms with van der Waals surface area (Å²) in [5, 5.41) is 0. The van der Waals surface area contributed by atoms with Gasteiger partial charge in [-0.3, -0.25) is 13.1 Å². The number of hydrogen-bond acceptors (Lipinski definition) is 3. The highest BCUT2D eigenvalue weighted by Crippen LogP contribution is 2.29. The van der Waals surface area contributed by atoms with Gasteiger partial charge in [-0.2, -0.15) is 0 Å². The average Bonchev–Trinajstić information content (AvgIpc) is 2.88. The molecule has 1 amide bonds. The van der Waals surface area contributed by atoms with Gasteiger partial charge in [-0.05, 0) is 54.7 Å². The molecule has 1 heterocycles. The van der Waals surface area contributed by atoms with Crippen molar-refractivity contribution in [1.82, 2.24) is 8.43 Å². The van der Waals surface area contributed by atoms with E-state index in [0.717, 1.165) is 38.6 Å². The minimum Gasteiger partial charge on any atom is -0.342 e. The van der Waals surface area contributed by atoms with Gasteiger partial charge >= 0.3 is 0 Å². The Hall–Kier alpha value is 0.560. The molecule has 1 N–H and O–H groups in total. The lowest BCUT2D eigenvalue weighted by Gasteiger charge is -2.29. The Balaban J connectivity index is 1.84. The smallest absolute Gasteiger partial charge is 0.225 e. The number of amides is 1. The van der Waals surface area contributed by atoms with Crippen LogP contribution in [0.15, 0.2) is 0 Å². The summed E-state index contributed by atoms with van der Waals surface area (Å²) in [6.07, 6.45) is 4.99. The molecule has 1 saturated heterocycles. The summed E-state index contributed by atoms with van der Waals surface area (Å²) < 4.78 is 3.45. The average molecular weight is 476 g/mol. The van der Waals surface area contributed by atoms with Crippen molar-refractivity contribution in [2.24, 2.45) is 11.8 Å². The van der Waals surface area contributed by atoms with E-state index in [2.05, 4.69) is 26.4 Å². The van der Waals surface area contributed by atoms with Gasteiger partial charge in [0.1, 0.15) is 0 Å². The van der Waals surface area contributed by atoms with E-state index in [1.165, 1.54) is 0 Å². The van der Waals surface area contributed by atoms with E-state index in [0.29, 0.717) is 12.6 Å².